The molecule has 7 heteroatoms. The number of nitrogens with zero attached hydrogens (tertiary/aromatic N) is 2. The van der Waals surface area contributed by atoms with Crippen LogP contribution in [0.3, 0.4) is 0 Å². The molecule has 1 amide bonds. The largest absolute Gasteiger partial charge is 0.373 e. The highest BCUT2D eigenvalue weighted by Crippen LogP contribution is 2.19. The summed E-state index contributed by atoms with van der Waals surface area (Å²) in [4.78, 5) is 14.4. The standard InChI is InChI=1S/C17H27N3O3S/c1-3-24(22,23)20-12-7-8-15(14-20)17(21)18-11-13-19(2)16-9-5-4-6-10-16/h4-6,9-10,15H,3,7-8,11-14H2,1-2H3,(H,18,21). The van der Waals surface area contributed by atoms with E-state index in [2.05, 4.69) is 10.2 Å². The number of carbonyl (C=O) groups is 1. The molecule has 1 N–H and O–H groups in total. The second kappa shape index (κ2) is 8.48. The number of hydrogen-bond donors (Lipinski definition) is 1. The van der Waals surface area contributed by atoms with E-state index >= 15 is 0 Å². The molecule has 0 bridgehead atoms. The molecular weight excluding hydrogens is 326 g/mol. The van der Waals surface area contributed by atoms with Crippen LogP contribution in [0.4, 0.5) is 5.69 Å². The van der Waals surface area contributed by atoms with Gasteiger partial charge in [-0.05, 0) is 31.9 Å². The predicted molar refractivity (Wildman–Crippen MR) is 96.5 cm³/mol. The number of hydrogen-bond acceptors (Lipinski definition) is 4. The predicted octanol–water partition coefficient (Wildman–Crippen LogP) is 1.30. The monoisotopic (exact) mass is 353 g/mol. The maximum atomic E-state index is 12.3. The average molecular weight is 353 g/mol. The van der Waals surface area contributed by atoms with Gasteiger partial charge in [0.05, 0.1) is 11.7 Å². The Bertz CT molecular complexity index is 634. The zero-order valence-corrected chi connectivity index (χ0v) is 15.3. The summed E-state index contributed by atoms with van der Waals surface area (Å²) in [6.45, 7) is 3.71. The van der Waals surface area contributed by atoms with Gasteiger partial charge in [0.2, 0.25) is 15.9 Å². The molecule has 1 aromatic rings. The summed E-state index contributed by atoms with van der Waals surface area (Å²) >= 11 is 0. The fourth-order valence-corrected chi connectivity index (χ4v) is 4.07. The smallest absolute Gasteiger partial charge is 0.224 e. The summed E-state index contributed by atoms with van der Waals surface area (Å²) in [5.74, 6) is -0.210. The van der Waals surface area contributed by atoms with Crippen LogP contribution in [0.2, 0.25) is 0 Å². The number of anilines is 1. The molecule has 1 saturated heterocycles. The van der Waals surface area contributed by atoms with Gasteiger partial charge < -0.3 is 10.2 Å². The molecule has 24 heavy (non-hydrogen) atoms. The van der Waals surface area contributed by atoms with E-state index in [1.54, 1.807) is 6.92 Å². The molecule has 2 rings (SSSR count). The number of sulfonamides is 1. The Hall–Kier alpha value is -1.60. The van der Waals surface area contributed by atoms with Crippen molar-refractivity contribution >= 4 is 21.6 Å². The number of para-hydroxylation sites is 1. The van der Waals surface area contributed by atoms with Gasteiger partial charge in [-0.25, -0.2) is 12.7 Å². The first-order chi connectivity index (χ1) is 11.4. The van der Waals surface area contributed by atoms with Crippen molar-refractivity contribution in [2.24, 2.45) is 5.92 Å². The van der Waals surface area contributed by atoms with E-state index in [1.165, 1.54) is 4.31 Å². The number of nitrogens with one attached hydrogen (secondary N) is 1. The molecular formula is C17H27N3O3S. The Morgan fingerprint density at radius 2 is 2.04 bits per heavy atom. The lowest BCUT2D eigenvalue weighted by molar-refractivity contribution is -0.126. The van der Waals surface area contributed by atoms with E-state index in [1.807, 2.05) is 37.4 Å². The summed E-state index contributed by atoms with van der Waals surface area (Å²) in [6, 6.07) is 9.98. The zero-order valence-electron chi connectivity index (χ0n) is 14.4. The van der Waals surface area contributed by atoms with Crippen LogP contribution in [0.15, 0.2) is 30.3 Å². The average Bonchev–Trinajstić information content (AvgIpc) is 2.62. The molecule has 6 nitrogen and oxygen atoms in total. The first kappa shape index (κ1) is 18.7. The molecule has 1 aromatic carbocycles. The SMILES string of the molecule is CCS(=O)(=O)N1CCCC(C(=O)NCCN(C)c2ccccc2)C1. The molecule has 1 heterocycles. The Morgan fingerprint density at radius 1 is 1.33 bits per heavy atom. The fraction of sp³-hybridized carbons (Fsp3) is 0.588. The van der Waals surface area contributed by atoms with E-state index in [-0.39, 0.29) is 17.6 Å². The number of piperidine rings is 1. The zero-order chi connectivity index (χ0) is 17.6. The second-order valence-corrected chi connectivity index (χ2v) is 8.40. The maximum absolute atomic E-state index is 12.3. The van der Waals surface area contributed by atoms with Crippen molar-refractivity contribution in [3.05, 3.63) is 30.3 Å². The molecule has 0 spiro atoms. The number of likely N-dealkylation sites (N-methyl/N-ethyl adjacent to an activating group) is 1. The van der Waals surface area contributed by atoms with E-state index < -0.39 is 10.0 Å². The van der Waals surface area contributed by atoms with E-state index in [9.17, 15) is 13.2 Å². The Balaban J connectivity index is 1.80. The van der Waals surface area contributed by atoms with Crippen LogP contribution in [0.25, 0.3) is 0 Å². The third-order valence-corrected chi connectivity index (χ3v) is 6.30. The minimum atomic E-state index is -3.21. The molecule has 1 unspecified atom stereocenters. The molecule has 1 aliphatic heterocycles. The lowest BCUT2D eigenvalue weighted by Crippen LogP contribution is -2.46. The molecule has 1 aliphatic rings. The highest BCUT2D eigenvalue weighted by atomic mass is 32.2. The number of amides is 1. The van der Waals surface area contributed by atoms with Crippen molar-refractivity contribution in [1.29, 1.82) is 0 Å². The minimum absolute atomic E-state index is 0.0486. The summed E-state index contributed by atoms with van der Waals surface area (Å²) in [5, 5.41) is 2.94. The summed E-state index contributed by atoms with van der Waals surface area (Å²) in [6.07, 6.45) is 1.48. The Morgan fingerprint density at radius 3 is 2.71 bits per heavy atom. The lowest BCUT2D eigenvalue weighted by Gasteiger charge is -2.31. The molecule has 0 aromatic heterocycles. The molecule has 0 radical (unpaired) electrons. The number of benzene rings is 1. The van der Waals surface area contributed by atoms with Gasteiger partial charge in [0.15, 0.2) is 0 Å². The van der Waals surface area contributed by atoms with Crippen LogP contribution in [0.1, 0.15) is 19.8 Å². The highest BCUT2D eigenvalue weighted by molar-refractivity contribution is 7.89. The number of carbonyl (C=O) groups excluding carboxylic acids is 1. The van der Waals surface area contributed by atoms with E-state index in [4.69, 9.17) is 0 Å². The Labute approximate surface area is 144 Å². The van der Waals surface area contributed by atoms with Gasteiger partial charge in [-0.3, -0.25) is 4.79 Å². The maximum Gasteiger partial charge on any atom is 0.224 e. The van der Waals surface area contributed by atoms with Crippen molar-refractivity contribution in [2.45, 2.75) is 19.8 Å². The molecule has 1 atom stereocenters. The third kappa shape index (κ3) is 4.95. The summed E-state index contributed by atoms with van der Waals surface area (Å²) in [5.41, 5.74) is 1.10. The van der Waals surface area contributed by atoms with Gasteiger partial charge >= 0.3 is 0 Å². The summed E-state index contributed by atoms with van der Waals surface area (Å²) < 4.78 is 25.4. The van der Waals surface area contributed by atoms with Crippen LogP contribution in [-0.4, -0.2) is 57.6 Å². The van der Waals surface area contributed by atoms with E-state index in [0.29, 0.717) is 26.2 Å². The van der Waals surface area contributed by atoms with Crippen LogP contribution >= 0.6 is 0 Å². The van der Waals surface area contributed by atoms with Gasteiger partial charge in [-0.2, -0.15) is 0 Å². The van der Waals surface area contributed by atoms with Crippen molar-refractivity contribution in [3.63, 3.8) is 0 Å². The Kier molecular flexibility index (Phi) is 6.62. The second-order valence-electron chi connectivity index (χ2n) is 6.15. The molecule has 0 aliphatic carbocycles. The van der Waals surface area contributed by atoms with Gasteiger partial charge in [0, 0.05) is 38.9 Å². The third-order valence-electron chi connectivity index (χ3n) is 4.46. The van der Waals surface area contributed by atoms with E-state index in [0.717, 1.165) is 18.5 Å². The fourth-order valence-electron chi connectivity index (χ4n) is 2.89. The minimum Gasteiger partial charge on any atom is -0.373 e. The highest BCUT2D eigenvalue weighted by Gasteiger charge is 2.31. The quantitative estimate of drug-likeness (QED) is 0.802. The van der Waals surface area contributed by atoms with Crippen molar-refractivity contribution in [2.75, 3.05) is 43.9 Å². The van der Waals surface area contributed by atoms with Crippen LogP contribution < -0.4 is 10.2 Å². The van der Waals surface area contributed by atoms with Crippen LogP contribution in [0.5, 0.6) is 0 Å². The normalized spacial score (nSPS) is 19.0. The van der Waals surface area contributed by atoms with Crippen molar-refractivity contribution in [1.82, 2.24) is 9.62 Å². The topological polar surface area (TPSA) is 69.7 Å². The van der Waals surface area contributed by atoms with Crippen molar-refractivity contribution < 1.29 is 13.2 Å². The van der Waals surface area contributed by atoms with Crippen LogP contribution in [0, 0.1) is 5.92 Å². The molecule has 1 fully saturated rings. The summed E-state index contributed by atoms with van der Waals surface area (Å²) in [7, 11) is -1.23. The van der Waals surface area contributed by atoms with Gasteiger partial charge in [-0.1, -0.05) is 18.2 Å². The van der Waals surface area contributed by atoms with Crippen molar-refractivity contribution in [3.8, 4) is 0 Å². The number of rotatable bonds is 7. The van der Waals surface area contributed by atoms with Gasteiger partial charge in [-0.15, -0.1) is 0 Å². The lowest BCUT2D eigenvalue weighted by atomic mass is 9.99. The van der Waals surface area contributed by atoms with Crippen LogP contribution in [-0.2, 0) is 14.8 Å². The molecule has 0 saturated carbocycles. The first-order valence-corrected chi connectivity index (χ1v) is 10.1. The molecule has 134 valence electrons. The van der Waals surface area contributed by atoms with Gasteiger partial charge in [0.1, 0.15) is 0 Å². The first-order valence-electron chi connectivity index (χ1n) is 8.45. The van der Waals surface area contributed by atoms with Gasteiger partial charge in [0.25, 0.3) is 0 Å².